The molecule has 10 nitrogen and oxygen atoms in total. The molecule has 1 aromatic heterocycles. The van der Waals surface area contributed by atoms with Gasteiger partial charge in [-0.05, 0) is 25.7 Å². The minimum atomic E-state index is -0.452. The van der Waals surface area contributed by atoms with Crippen molar-refractivity contribution < 1.29 is 19.1 Å². The van der Waals surface area contributed by atoms with Gasteiger partial charge in [-0.3, -0.25) is 4.79 Å². The molecule has 2 fully saturated rings. The number of hydrogen-bond donors (Lipinski definition) is 3. The lowest BCUT2D eigenvalue weighted by atomic mass is 9.91. The third-order valence-electron chi connectivity index (χ3n) is 5.09. The number of H-pyrrole nitrogens is 1. The number of nitrogens with one attached hydrogen (secondary N) is 3. The number of carbonyl (C=O) groups excluding carboxylic acids is 2. The van der Waals surface area contributed by atoms with Gasteiger partial charge in [0.05, 0.1) is 25.5 Å². The Morgan fingerprint density at radius 2 is 1.82 bits per heavy atom. The molecule has 2 heterocycles. The van der Waals surface area contributed by atoms with E-state index >= 15 is 0 Å². The maximum absolute atomic E-state index is 12.2. The van der Waals surface area contributed by atoms with Gasteiger partial charge in [0.15, 0.2) is 0 Å². The Labute approximate surface area is 166 Å². The van der Waals surface area contributed by atoms with Crippen molar-refractivity contribution in [2.75, 3.05) is 25.1 Å². The van der Waals surface area contributed by atoms with Crippen molar-refractivity contribution in [3.05, 3.63) is 21.6 Å². The van der Waals surface area contributed by atoms with E-state index in [1.165, 1.54) is 13.3 Å². The van der Waals surface area contributed by atoms with Gasteiger partial charge in [0.1, 0.15) is 11.1 Å². The number of nitrogens with zero attached hydrogens (tertiary/aromatic N) is 2. The average Bonchev–Trinajstić information content (AvgIpc) is 3.13. The molecule has 2 amide bonds. The zero-order valence-electron chi connectivity index (χ0n) is 15.6. The number of alkyl carbamates (subject to hydrolysis) is 2. The summed E-state index contributed by atoms with van der Waals surface area (Å²) in [6, 6.07) is 0.0873. The van der Waals surface area contributed by atoms with Crippen LogP contribution in [0.4, 0.5) is 15.3 Å². The molecule has 28 heavy (non-hydrogen) atoms. The molecule has 11 heteroatoms. The number of aromatic amines is 1. The first-order chi connectivity index (χ1) is 13.5. The maximum atomic E-state index is 12.2. The normalized spacial score (nSPS) is 24.5. The lowest BCUT2D eigenvalue weighted by Gasteiger charge is -2.29. The third-order valence-corrected chi connectivity index (χ3v) is 5.46. The quantitative estimate of drug-likeness (QED) is 0.681. The summed E-state index contributed by atoms with van der Waals surface area (Å²) in [5.41, 5.74) is 0.0897. The van der Waals surface area contributed by atoms with E-state index in [0.29, 0.717) is 25.2 Å². The van der Waals surface area contributed by atoms with E-state index < -0.39 is 17.7 Å². The molecule has 1 aliphatic heterocycles. The van der Waals surface area contributed by atoms with Crippen LogP contribution < -0.4 is 21.1 Å². The van der Waals surface area contributed by atoms with Gasteiger partial charge in [-0.25, -0.2) is 14.7 Å². The molecule has 0 unspecified atom stereocenters. The van der Waals surface area contributed by atoms with Crippen molar-refractivity contribution >= 4 is 29.5 Å². The number of halogens is 1. The molecule has 0 spiro atoms. The summed E-state index contributed by atoms with van der Waals surface area (Å²) < 4.78 is 10.1. The Morgan fingerprint density at radius 3 is 2.46 bits per heavy atom. The fraction of sp³-hybridized carbons (Fsp3) is 0.647. The highest BCUT2D eigenvalue weighted by Crippen LogP contribution is 2.26. The van der Waals surface area contributed by atoms with Crippen LogP contribution in [-0.2, 0) is 9.47 Å². The summed E-state index contributed by atoms with van der Waals surface area (Å²) >= 11 is 6.03. The van der Waals surface area contributed by atoms with Crippen LogP contribution in [-0.4, -0.2) is 60.8 Å². The molecule has 1 aromatic rings. The number of methoxy groups -OCH3 is 1. The summed E-state index contributed by atoms with van der Waals surface area (Å²) in [6.45, 7) is 1.07. The molecule has 2 aliphatic rings. The minimum absolute atomic E-state index is 0.0204. The Bertz CT molecular complexity index is 765. The van der Waals surface area contributed by atoms with E-state index in [1.807, 2.05) is 4.90 Å². The van der Waals surface area contributed by atoms with Crippen LogP contribution >= 0.6 is 11.6 Å². The SMILES string of the molecule is COC(=O)N[C@H]1CC[C@H](NC(=O)O[C@@H]2CCN(c3cn[nH]c(=O)c3Cl)C2)CC1. The summed E-state index contributed by atoms with van der Waals surface area (Å²) in [7, 11) is 1.34. The van der Waals surface area contributed by atoms with Gasteiger partial charge in [-0.15, -0.1) is 0 Å². The predicted molar refractivity (Wildman–Crippen MR) is 102 cm³/mol. The molecule has 0 radical (unpaired) electrons. The Balaban J connectivity index is 1.42. The molecule has 154 valence electrons. The molecule has 0 bridgehead atoms. The van der Waals surface area contributed by atoms with Crippen molar-refractivity contribution in [2.24, 2.45) is 0 Å². The molecule has 3 rings (SSSR count). The minimum Gasteiger partial charge on any atom is -0.453 e. The fourth-order valence-electron chi connectivity index (χ4n) is 3.60. The first-order valence-electron chi connectivity index (χ1n) is 9.26. The van der Waals surface area contributed by atoms with Crippen LogP contribution in [0.15, 0.2) is 11.0 Å². The van der Waals surface area contributed by atoms with E-state index in [-0.39, 0.29) is 23.2 Å². The van der Waals surface area contributed by atoms with Crippen LogP contribution in [0, 0.1) is 0 Å². The maximum Gasteiger partial charge on any atom is 0.407 e. The molecular weight excluding hydrogens is 390 g/mol. The molecule has 0 aromatic carbocycles. The number of carbonyl (C=O) groups is 2. The van der Waals surface area contributed by atoms with Gasteiger partial charge in [0.2, 0.25) is 0 Å². The second-order valence-electron chi connectivity index (χ2n) is 6.99. The average molecular weight is 414 g/mol. The van der Waals surface area contributed by atoms with Crippen molar-refractivity contribution in [2.45, 2.75) is 50.3 Å². The Hall–Kier alpha value is -2.49. The lowest BCUT2D eigenvalue weighted by molar-refractivity contribution is 0.102. The van der Waals surface area contributed by atoms with Gasteiger partial charge in [0.25, 0.3) is 5.56 Å². The molecule has 3 N–H and O–H groups in total. The fourth-order valence-corrected chi connectivity index (χ4v) is 3.81. The smallest absolute Gasteiger partial charge is 0.407 e. The van der Waals surface area contributed by atoms with E-state index in [9.17, 15) is 14.4 Å². The van der Waals surface area contributed by atoms with E-state index in [4.69, 9.17) is 16.3 Å². The van der Waals surface area contributed by atoms with Crippen LogP contribution in [0.5, 0.6) is 0 Å². The second kappa shape index (κ2) is 9.13. The van der Waals surface area contributed by atoms with Gasteiger partial charge >= 0.3 is 12.2 Å². The highest BCUT2D eigenvalue weighted by molar-refractivity contribution is 6.33. The number of aromatic nitrogens is 2. The second-order valence-corrected chi connectivity index (χ2v) is 7.37. The van der Waals surface area contributed by atoms with Gasteiger partial charge < -0.3 is 25.0 Å². The van der Waals surface area contributed by atoms with Crippen LogP contribution in [0.3, 0.4) is 0 Å². The molecule has 1 atom stereocenters. The standard InChI is InChI=1S/C17H24ClN5O5/c1-27-16(25)20-10-2-4-11(5-3-10)21-17(26)28-12-6-7-23(9-12)13-8-19-22-15(24)14(13)18/h8,10-12H,2-7,9H2,1H3,(H,20,25)(H,21,26)(H,22,24)/t10-,11-,12-/m1/s1. The van der Waals surface area contributed by atoms with E-state index in [0.717, 1.165) is 25.7 Å². The van der Waals surface area contributed by atoms with Crippen LogP contribution in [0.25, 0.3) is 0 Å². The third kappa shape index (κ3) is 5.06. The summed E-state index contributed by atoms with van der Waals surface area (Å²) in [5, 5.41) is 11.8. The number of hydrogen-bond acceptors (Lipinski definition) is 7. The molecule has 1 saturated heterocycles. The summed E-state index contributed by atoms with van der Waals surface area (Å²) in [4.78, 5) is 36.9. The number of anilines is 1. The van der Waals surface area contributed by atoms with E-state index in [1.54, 1.807) is 0 Å². The zero-order valence-corrected chi connectivity index (χ0v) is 16.3. The lowest BCUT2D eigenvalue weighted by Crippen LogP contribution is -2.44. The monoisotopic (exact) mass is 413 g/mol. The summed E-state index contributed by atoms with van der Waals surface area (Å²) in [6.07, 6.45) is 4.02. The largest absolute Gasteiger partial charge is 0.453 e. The number of ether oxygens (including phenoxy) is 2. The zero-order chi connectivity index (χ0) is 20.1. The van der Waals surface area contributed by atoms with E-state index in [2.05, 4.69) is 25.6 Å². The first kappa shape index (κ1) is 20.2. The van der Waals surface area contributed by atoms with Crippen molar-refractivity contribution in [3.8, 4) is 0 Å². The summed E-state index contributed by atoms with van der Waals surface area (Å²) in [5.74, 6) is 0. The molecule has 1 saturated carbocycles. The van der Waals surface area contributed by atoms with Crippen molar-refractivity contribution in [1.82, 2.24) is 20.8 Å². The Morgan fingerprint density at radius 1 is 1.18 bits per heavy atom. The van der Waals surface area contributed by atoms with Crippen LogP contribution in [0.1, 0.15) is 32.1 Å². The predicted octanol–water partition coefficient (Wildman–Crippen LogP) is 1.40. The van der Waals surface area contributed by atoms with Crippen molar-refractivity contribution in [1.29, 1.82) is 0 Å². The highest BCUT2D eigenvalue weighted by Gasteiger charge is 2.29. The molecule has 1 aliphatic carbocycles. The highest BCUT2D eigenvalue weighted by atomic mass is 35.5. The molecular formula is C17H24ClN5O5. The number of rotatable bonds is 4. The van der Waals surface area contributed by atoms with Crippen LogP contribution in [0.2, 0.25) is 5.02 Å². The Kier molecular flexibility index (Phi) is 6.61. The number of amides is 2. The van der Waals surface area contributed by atoms with Gasteiger partial charge in [-0.2, -0.15) is 5.10 Å². The first-order valence-corrected chi connectivity index (χ1v) is 9.63. The van der Waals surface area contributed by atoms with Gasteiger partial charge in [0, 0.05) is 25.0 Å². The van der Waals surface area contributed by atoms with Crippen molar-refractivity contribution in [3.63, 3.8) is 0 Å². The topological polar surface area (TPSA) is 126 Å². The van der Waals surface area contributed by atoms with Gasteiger partial charge in [-0.1, -0.05) is 11.6 Å².